The maximum atomic E-state index is 12.6. The van der Waals surface area contributed by atoms with Gasteiger partial charge in [-0.15, -0.1) is 0 Å². The number of benzene rings is 2. The predicted molar refractivity (Wildman–Crippen MR) is 82.1 cm³/mol. The summed E-state index contributed by atoms with van der Waals surface area (Å²) in [6.45, 7) is 0. The molecule has 10 heteroatoms. The van der Waals surface area contributed by atoms with Crippen LogP contribution in [0, 0.1) is 10.1 Å². The number of sulfonamides is 1. The molecular weight excluding hydrogens is 338 g/mol. The molecule has 2 aromatic carbocycles. The summed E-state index contributed by atoms with van der Waals surface area (Å²) in [7, 11) is -4.21. The van der Waals surface area contributed by atoms with Crippen LogP contribution in [0.2, 0.25) is 0 Å². The zero-order chi connectivity index (χ0) is 17.6. The zero-order valence-corrected chi connectivity index (χ0v) is 12.7. The summed E-state index contributed by atoms with van der Waals surface area (Å²) >= 11 is 0. The van der Waals surface area contributed by atoms with Crippen LogP contribution in [-0.2, 0) is 10.0 Å². The molecule has 2 amide bonds. The van der Waals surface area contributed by atoms with Crippen molar-refractivity contribution in [3.63, 3.8) is 0 Å². The van der Waals surface area contributed by atoms with Gasteiger partial charge in [-0.1, -0.05) is 18.2 Å². The Bertz CT molecular complexity index is 1010. The molecule has 2 N–H and O–H groups in total. The Morgan fingerprint density at radius 3 is 2.29 bits per heavy atom. The van der Waals surface area contributed by atoms with E-state index < -0.39 is 37.3 Å². The minimum absolute atomic E-state index is 0.168. The number of nitrogens with zero attached hydrogens (tertiary/aromatic N) is 2. The van der Waals surface area contributed by atoms with Gasteiger partial charge in [0.15, 0.2) is 0 Å². The van der Waals surface area contributed by atoms with E-state index in [4.69, 9.17) is 5.14 Å². The molecule has 0 unspecified atom stereocenters. The van der Waals surface area contributed by atoms with E-state index in [0.29, 0.717) is 4.90 Å². The van der Waals surface area contributed by atoms with E-state index in [1.54, 1.807) is 0 Å². The number of primary sulfonamides is 1. The van der Waals surface area contributed by atoms with Crippen LogP contribution >= 0.6 is 0 Å². The van der Waals surface area contributed by atoms with Crippen molar-refractivity contribution in [3.8, 4) is 0 Å². The fourth-order valence-electron chi connectivity index (χ4n) is 2.52. The molecule has 0 aromatic heterocycles. The SMILES string of the molecule is NS(=O)(=O)c1ccccc1N1C(=O)c2cccc([N+](=O)[O-])c2C1=O. The third-order valence-corrected chi connectivity index (χ3v) is 4.46. The quantitative estimate of drug-likeness (QED) is 0.499. The number of nitrogens with two attached hydrogens (primary N) is 1. The molecular formula is C14H9N3O6S. The van der Waals surface area contributed by atoms with Gasteiger partial charge in [0.05, 0.1) is 16.2 Å². The smallest absolute Gasteiger partial charge is 0.268 e. The lowest BCUT2D eigenvalue weighted by Crippen LogP contribution is -2.31. The number of carbonyl (C=O) groups is 2. The van der Waals surface area contributed by atoms with E-state index in [1.165, 1.54) is 30.3 Å². The molecule has 0 saturated carbocycles. The fourth-order valence-corrected chi connectivity index (χ4v) is 3.24. The van der Waals surface area contributed by atoms with E-state index in [9.17, 15) is 28.1 Å². The molecule has 122 valence electrons. The Labute approximate surface area is 135 Å². The summed E-state index contributed by atoms with van der Waals surface area (Å²) in [5.41, 5.74) is -1.32. The van der Waals surface area contributed by atoms with Crippen molar-refractivity contribution in [2.75, 3.05) is 4.90 Å². The van der Waals surface area contributed by atoms with E-state index in [-0.39, 0.29) is 16.8 Å². The molecule has 0 radical (unpaired) electrons. The zero-order valence-electron chi connectivity index (χ0n) is 11.9. The van der Waals surface area contributed by atoms with Crippen LogP contribution in [0.3, 0.4) is 0 Å². The van der Waals surface area contributed by atoms with Gasteiger partial charge >= 0.3 is 0 Å². The average molecular weight is 347 g/mol. The van der Waals surface area contributed by atoms with Crippen LogP contribution in [0.25, 0.3) is 0 Å². The van der Waals surface area contributed by atoms with E-state index >= 15 is 0 Å². The summed E-state index contributed by atoms with van der Waals surface area (Å²) in [6, 6.07) is 8.81. The first-order chi connectivity index (χ1) is 11.2. The number of imide groups is 1. The van der Waals surface area contributed by atoms with Crippen LogP contribution in [0.5, 0.6) is 0 Å². The number of rotatable bonds is 3. The maximum Gasteiger partial charge on any atom is 0.283 e. The van der Waals surface area contributed by atoms with Crippen LogP contribution in [0.4, 0.5) is 11.4 Å². The number of hydrogen-bond acceptors (Lipinski definition) is 6. The first kappa shape index (κ1) is 15.8. The monoisotopic (exact) mass is 347 g/mol. The molecule has 2 aromatic rings. The van der Waals surface area contributed by atoms with Gasteiger partial charge in [-0.05, 0) is 18.2 Å². The van der Waals surface area contributed by atoms with Gasteiger partial charge in [-0.3, -0.25) is 19.7 Å². The molecule has 0 fully saturated rings. The fraction of sp³-hybridized carbons (Fsp3) is 0. The van der Waals surface area contributed by atoms with Gasteiger partial charge < -0.3 is 0 Å². The summed E-state index contributed by atoms with van der Waals surface area (Å²) in [5, 5.41) is 16.2. The number of carbonyl (C=O) groups excluding carboxylic acids is 2. The number of nitro groups is 1. The number of fused-ring (bicyclic) bond motifs is 1. The van der Waals surface area contributed by atoms with Crippen molar-refractivity contribution in [3.05, 3.63) is 63.7 Å². The Balaban J connectivity index is 2.25. The number of hydrogen-bond donors (Lipinski definition) is 1. The number of nitro benzene ring substituents is 1. The highest BCUT2D eigenvalue weighted by Crippen LogP contribution is 2.36. The molecule has 3 rings (SSSR count). The molecule has 1 aliphatic rings. The summed E-state index contributed by atoms with van der Waals surface area (Å²) in [4.78, 5) is 35.5. The standard InChI is InChI=1S/C14H9N3O6S/c15-24(22,23)11-7-2-1-5-9(11)16-13(18)8-4-3-6-10(17(20)21)12(8)14(16)19/h1-7H,(H2,15,22,23). The third kappa shape index (κ3) is 2.25. The second-order valence-corrected chi connectivity index (χ2v) is 6.45. The molecule has 0 spiro atoms. The lowest BCUT2D eigenvalue weighted by molar-refractivity contribution is -0.385. The Hall–Kier alpha value is -3.11. The normalized spacial score (nSPS) is 14.0. The minimum atomic E-state index is -4.21. The minimum Gasteiger partial charge on any atom is -0.268 e. The largest absolute Gasteiger partial charge is 0.283 e. The van der Waals surface area contributed by atoms with Gasteiger partial charge in [0, 0.05) is 6.07 Å². The highest BCUT2D eigenvalue weighted by Gasteiger charge is 2.43. The molecule has 0 bridgehead atoms. The van der Waals surface area contributed by atoms with Crippen molar-refractivity contribution < 1.29 is 22.9 Å². The predicted octanol–water partition coefficient (Wildman–Crippen LogP) is 1.04. The van der Waals surface area contributed by atoms with Gasteiger partial charge in [-0.25, -0.2) is 18.5 Å². The topological polar surface area (TPSA) is 141 Å². The second kappa shape index (κ2) is 5.22. The second-order valence-electron chi connectivity index (χ2n) is 4.92. The van der Waals surface area contributed by atoms with Crippen LogP contribution in [-0.4, -0.2) is 25.2 Å². The molecule has 1 heterocycles. The maximum absolute atomic E-state index is 12.6. The third-order valence-electron chi connectivity index (χ3n) is 3.50. The Kier molecular flexibility index (Phi) is 3.43. The summed E-state index contributed by atoms with van der Waals surface area (Å²) < 4.78 is 23.4. The van der Waals surface area contributed by atoms with Crippen molar-refractivity contribution in [1.82, 2.24) is 0 Å². The van der Waals surface area contributed by atoms with Crippen molar-refractivity contribution in [1.29, 1.82) is 0 Å². The first-order valence-corrected chi connectivity index (χ1v) is 8.06. The number of anilines is 1. The van der Waals surface area contributed by atoms with Crippen molar-refractivity contribution >= 4 is 33.2 Å². The van der Waals surface area contributed by atoms with Gasteiger partial charge in [0.2, 0.25) is 10.0 Å². The van der Waals surface area contributed by atoms with Crippen LogP contribution in [0.15, 0.2) is 47.4 Å². The lowest BCUT2D eigenvalue weighted by atomic mass is 10.1. The molecule has 0 atom stereocenters. The molecule has 0 saturated heterocycles. The van der Waals surface area contributed by atoms with E-state index in [2.05, 4.69) is 0 Å². The van der Waals surface area contributed by atoms with Crippen LogP contribution < -0.4 is 10.0 Å². The average Bonchev–Trinajstić information content (AvgIpc) is 2.78. The Morgan fingerprint density at radius 2 is 1.67 bits per heavy atom. The first-order valence-electron chi connectivity index (χ1n) is 6.51. The van der Waals surface area contributed by atoms with Gasteiger partial charge in [-0.2, -0.15) is 0 Å². The highest BCUT2D eigenvalue weighted by molar-refractivity contribution is 7.89. The van der Waals surface area contributed by atoms with Gasteiger partial charge in [0.1, 0.15) is 10.5 Å². The Morgan fingerprint density at radius 1 is 1.00 bits per heavy atom. The van der Waals surface area contributed by atoms with Crippen LogP contribution in [0.1, 0.15) is 20.7 Å². The van der Waals surface area contributed by atoms with Gasteiger partial charge in [0.25, 0.3) is 17.5 Å². The van der Waals surface area contributed by atoms with E-state index in [1.807, 2.05) is 0 Å². The summed E-state index contributed by atoms with van der Waals surface area (Å²) in [5.74, 6) is -1.83. The molecule has 9 nitrogen and oxygen atoms in total. The molecule has 24 heavy (non-hydrogen) atoms. The van der Waals surface area contributed by atoms with Crippen molar-refractivity contribution in [2.45, 2.75) is 4.90 Å². The highest BCUT2D eigenvalue weighted by atomic mass is 32.2. The molecule has 1 aliphatic heterocycles. The van der Waals surface area contributed by atoms with E-state index in [0.717, 1.165) is 12.1 Å². The summed E-state index contributed by atoms with van der Waals surface area (Å²) in [6.07, 6.45) is 0. The van der Waals surface area contributed by atoms with Crippen molar-refractivity contribution in [2.24, 2.45) is 5.14 Å². The number of para-hydroxylation sites is 1. The molecule has 0 aliphatic carbocycles. The number of amides is 2. The lowest BCUT2D eigenvalue weighted by Gasteiger charge is -2.16.